The molecule has 0 bridgehead atoms. The first kappa shape index (κ1) is 16.5. The van der Waals surface area contributed by atoms with Gasteiger partial charge in [0, 0.05) is 22.0 Å². The summed E-state index contributed by atoms with van der Waals surface area (Å²) < 4.78 is 10.2. The summed E-state index contributed by atoms with van der Waals surface area (Å²) in [4.78, 5) is 23.6. The number of carbonyl (C=O) groups excluding carboxylic acids is 2. The van der Waals surface area contributed by atoms with Crippen LogP contribution in [0.1, 0.15) is 41.5 Å². The normalized spacial score (nSPS) is 29.4. The van der Waals surface area contributed by atoms with Gasteiger partial charge in [-0.1, -0.05) is 37.1 Å². The Hall–Kier alpha value is -1.84. The van der Waals surface area contributed by atoms with Crippen LogP contribution in [0.2, 0.25) is 0 Å². The van der Waals surface area contributed by atoms with Gasteiger partial charge < -0.3 is 9.47 Å². The third-order valence-corrected chi connectivity index (χ3v) is 5.79. The second kappa shape index (κ2) is 5.11. The monoisotopic (exact) mass is 304 g/mol. The van der Waals surface area contributed by atoms with E-state index in [0.717, 1.165) is 11.1 Å². The minimum atomic E-state index is -0.469. The third-order valence-electron chi connectivity index (χ3n) is 5.79. The molecule has 0 aliphatic heterocycles. The summed E-state index contributed by atoms with van der Waals surface area (Å²) in [7, 11) is 0. The van der Waals surface area contributed by atoms with Crippen LogP contribution >= 0.6 is 0 Å². The fourth-order valence-electron chi connectivity index (χ4n) is 3.92. The predicted molar refractivity (Wildman–Crippen MR) is 84.0 cm³/mol. The summed E-state index contributed by atoms with van der Waals surface area (Å²) in [6.45, 7) is 15.6. The molecule has 120 valence electrons. The fraction of sp³-hybridized carbons (Fsp3) is 0.556. The van der Waals surface area contributed by atoms with E-state index in [9.17, 15) is 9.59 Å². The van der Waals surface area contributed by atoms with Crippen LogP contribution < -0.4 is 0 Å². The maximum atomic E-state index is 12.3. The quantitative estimate of drug-likeness (QED) is 0.338. The van der Waals surface area contributed by atoms with Crippen molar-refractivity contribution in [1.82, 2.24) is 0 Å². The van der Waals surface area contributed by atoms with Crippen LogP contribution in [0.25, 0.3) is 0 Å². The Morgan fingerprint density at radius 2 is 1.45 bits per heavy atom. The van der Waals surface area contributed by atoms with Gasteiger partial charge in [-0.15, -0.1) is 0 Å². The van der Waals surface area contributed by atoms with Crippen LogP contribution in [0.3, 0.4) is 0 Å². The van der Waals surface area contributed by atoms with Crippen LogP contribution in [0.5, 0.6) is 0 Å². The van der Waals surface area contributed by atoms with E-state index in [1.807, 2.05) is 6.92 Å². The Morgan fingerprint density at radius 3 is 2.00 bits per heavy atom. The number of hydrogen-bond donors (Lipinski definition) is 0. The minimum Gasteiger partial charge on any atom is -0.459 e. The van der Waals surface area contributed by atoms with Gasteiger partial charge in [0.15, 0.2) is 0 Å². The number of allylic oxidation sites excluding steroid dienone is 3. The van der Waals surface area contributed by atoms with Crippen molar-refractivity contribution in [2.75, 3.05) is 13.2 Å². The Bertz CT molecular complexity index is 637. The van der Waals surface area contributed by atoms with Crippen molar-refractivity contribution in [1.29, 1.82) is 0 Å². The first-order valence-corrected chi connectivity index (χ1v) is 7.50. The number of fused-ring (bicyclic) bond motifs is 1. The first-order valence-electron chi connectivity index (χ1n) is 7.50. The van der Waals surface area contributed by atoms with Crippen molar-refractivity contribution in [3.63, 3.8) is 0 Å². The maximum Gasteiger partial charge on any atom is 0.335 e. The molecule has 22 heavy (non-hydrogen) atoms. The molecule has 2 atom stereocenters. The van der Waals surface area contributed by atoms with Crippen LogP contribution in [0.15, 0.2) is 34.4 Å². The first-order chi connectivity index (χ1) is 10.1. The molecule has 2 aliphatic rings. The molecule has 0 aromatic rings. The summed E-state index contributed by atoms with van der Waals surface area (Å²) in [6.07, 6.45) is 0. The summed E-state index contributed by atoms with van der Waals surface area (Å²) in [5.74, 6) is -0.779. The van der Waals surface area contributed by atoms with Gasteiger partial charge in [-0.25, -0.2) is 9.59 Å². The van der Waals surface area contributed by atoms with Crippen LogP contribution in [0, 0.1) is 10.8 Å². The largest absolute Gasteiger partial charge is 0.459 e. The van der Waals surface area contributed by atoms with E-state index in [4.69, 9.17) is 9.47 Å². The zero-order chi connectivity index (χ0) is 16.9. The molecule has 0 saturated heterocycles. The zero-order valence-electron chi connectivity index (χ0n) is 14.3. The summed E-state index contributed by atoms with van der Waals surface area (Å²) in [5.41, 5.74) is 4.54. The van der Waals surface area contributed by atoms with Crippen molar-refractivity contribution < 1.29 is 19.1 Å². The Balaban J connectivity index is 1.96. The molecular weight excluding hydrogens is 280 g/mol. The van der Waals surface area contributed by atoms with E-state index < -0.39 is 5.97 Å². The molecule has 0 spiro atoms. The second-order valence-electron chi connectivity index (χ2n) is 6.55. The molecule has 2 rings (SSSR count). The minimum absolute atomic E-state index is 0.0160. The molecule has 0 heterocycles. The van der Waals surface area contributed by atoms with Gasteiger partial charge in [0.1, 0.15) is 13.2 Å². The van der Waals surface area contributed by atoms with Crippen molar-refractivity contribution in [2.24, 2.45) is 10.8 Å². The van der Waals surface area contributed by atoms with Crippen molar-refractivity contribution in [2.45, 2.75) is 41.5 Å². The molecule has 0 aromatic carbocycles. The van der Waals surface area contributed by atoms with Gasteiger partial charge in [0.2, 0.25) is 0 Å². The topological polar surface area (TPSA) is 52.6 Å². The summed E-state index contributed by atoms with van der Waals surface area (Å²) >= 11 is 0. The van der Waals surface area contributed by atoms with E-state index in [0.29, 0.717) is 5.57 Å². The van der Waals surface area contributed by atoms with Crippen molar-refractivity contribution in [3.8, 4) is 0 Å². The van der Waals surface area contributed by atoms with Gasteiger partial charge in [0.25, 0.3) is 0 Å². The lowest BCUT2D eigenvalue weighted by Crippen LogP contribution is -2.60. The molecule has 4 nitrogen and oxygen atoms in total. The number of esters is 2. The van der Waals surface area contributed by atoms with Crippen LogP contribution in [-0.4, -0.2) is 25.2 Å². The van der Waals surface area contributed by atoms with Gasteiger partial charge in [-0.3, -0.25) is 0 Å². The lowest BCUT2D eigenvalue weighted by molar-refractivity contribution is -0.149. The van der Waals surface area contributed by atoms with E-state index in [-0.39, 0.29) is 30.0 Å². The highest BCUT2D eigenvalue weighted by Crippen LogP contribution is 2.74. The third kappa shape index (κ3) is 1.82. The average molecular weight is 304 g/mol. The van der Waals surface area contributed by atoms with E-state index in [1.54, 1.807) is 6.92 Å². The molecule has 0 unspecified atom stereocenters. The Labute approximate surface area is 131 Å². The van der Waals surface area contributed by atoms with Gasteiger partial charge in [-0.2, -0.15) is 0 Å². The average Bonchev–Trinajstić information content (AvgIpc) is 2.48. The van der Waals surface area contributed by atoms with Crippen molar-refractivity contribution in [3.05, 3.63) is 34.4 Å². The molecule has 0 N–H and O–H groups in total. The molecule has 0 amide bonds. The number of hydrogen-bond acceptors (Lipinski definition) is 4. The second-order valence-corrected chi connectivity index (χ2v) is 6.55. The van der Waals surface area contributed by atoms with Gasteiger partial charge in [-0.05, 0) is 27.7 Å². The highest BCUT2D eigenvalue weighted by atomic mass is 16.6. The maximum absolute atomic E-state index is 12.3. The molecular formula is C18H24O4. The molecule has 0 fully saturated rings. The lowest BCUT2D eigenvalue weighted by Gasteiger charge is -2.66. The summed E-state index contributed by atoms with van der Waals surface area (Å²) in [5, 5.41) is 0. The molecule has 4 heteroatoms. The molecule has 0 aromatic heterocycles. The standard InChI is InChI=1S/C18H24O4/c1-10(2)15(19)21-8-9-22-16(20)14-13(5)17(6)11(3)12(4)18(14,17)7/h1,8-9H2,2-7H3/t17-,18+/m0/s1. The SMILES string of the molecule is C=C(C)C(=O)OCCOC(=O)C1=C(C)[C@]2(C)C(C)=C(C)[C@]12C. The van der Waals surface area contributed by atoms with Gasteiger partial charge >= 0.3 is 11.9 Å². The fourth-order valence-corrected chi connectivity index (χ4v) is 3.92. The predicted octanol–water partition coefficient (Wildman–Crippen LogP) is 3.34. The Kier molecular flexibility index (Phi) is 3.84. The number of ether oxygens (including phenoxy) is 2. The molecule has 2 aliphatic carbocycles. The van der Waals surface area contributed by atoms with Gasteiger partial charge in [0.05, 0.1) is 0 Å². The lowest BCUT2D eigenvalue weighted by atomic mass is 9.36. The molecule has 0 radical (unpaired) electrons. The highest BCUT2D eigenvalue weighted by molar-refractivity contribution is 5.97. The van der Waals surface area contributed by atoms with E-state index in [1.165, 1.54) is 11.1 Å². The van der Waals surface area contributed by atoms with Crippen molar-refractivity contribution >= 4 is 11.9 Å². The van der Waals surface area contributed by atoms with E-state index in [2.05, 4.69) is 34.3 Å². The highest BCUT2D eigenvalue weighted by Gasteiger charge is 2.68. The zero-order valence-corrected chi connectivity index (χ0v) is 14.3. The Morgan fingerprint density at radius 1 is 0.955 bits per heavy atom. The van der Waals surface area contributed by atoms with Crippen LogP contribution in [-0.2, 0) is 19.1 Å². The number of rotatable bonds is 5. The number of carbonyl (C=O) groups is 2. The smallest absolute Gasteiger partial charge is 0.335 e. The molecule has 0 saturated carbocycles. The summed E-state index contributed by atoms with van der Waals surface area (Å²) in [6, 6.07) is 0. The van der Waals surface area contributed by atoms with Crippen LogP contribution in [0.4, 0.5) is 0 Å². The van der Waals surface area contributed by atoms with E-state index >= 15 is 0 Å².